The largest absolute Gasteiger partial charge is 0.396 e. The molecule has 0 bridgehead atoms. The third-order valence-corrected chi connectivity index (χ3v) is 5.34. The molecule has 1 aliphatic carbocycles. The first-order chi connectivity index (χ1) is 11.4. The van der Waals surface area contributed by atoms with E-state index in [4.69, 9.17) is 0 Å². The number of nitrogens with zero attached hydrogens (tertiary/aromatic N) is 2. The van der Waals surface area contributed by atoms with E-state index >= 15 is 0 Å². The van der Waals surface area contributed by atoms with Crippen LogP contribution in [0.3, 0.4) is 0 Å². The lowest BCUT2D eigenvalue weighted by molar-refractivity contribution is 0.0347. The molecule has 2 aliphatic rings. The van der Waals surface area contributed by atoms with Crippen molar-refractivity contribution in [2.24, 2.45) is 0 Å². The molecule has 1 aromatic rings. The second-order valence-corrected chi connectivity index (χ2v) is 6.91. The summed E-state index contributed by atoms with van der Waals surface area (Å²) in [5.74, 6) is 0. The van der Waals surface area contributed by atoms with Crippen LogP contribution in [0.5, 0.6) is 0 Å². The molecular weight excluding hydrogens is 284 g/mol. The molecule has 0 unspecified atom stereocenters. The fraction of sp³-hybridized carbons (Fsp3) is 0.600. The molecule has 0 radical (unpaired) electrons. The average molecular weight is 314 g/mol. The number of aliphatic hydroxyl groups excluding tert-OH is 1. The summed E-state index contributed by atoms with van der Waals surface area (Å²) in [7, 11) is 0. The Morgan fingerprint density at radius 1 is 1.09 bits per heavy atom. The van der Waals surface area contributed by atoms with Gasteiger partial charge in [0.1, 0.15) is 0 Å². The molecule has 1 heterocycles. The molecule has 23 heavy (non-hydrogen) atoms. The number of hydrogen-bond donors (Lipinski definition) is 1. The zero-order valence-corrected chi connectivity index (χ0v) is 14.1. The van der Waals surface area contributed by atoms with E-state index in [2.05, 4.69) is 52.3 Å². The molecular formula is C20H30N2O. The van der Waals surface area contributed by atoms with E-state index in [9.17, 15) is 5.11 Å². The Kier molecular flexibility index (Phi) is 6.26. The fourth-order valence-corrected chi connectivity index (χ4v) is 4.12. The molecule has 1 saturated carbocycles. The zero-order valence-electron chi connectivity index (χ0n) is 14.1. The lowest BCUT2D eigenvalue weighted by Gasteiger charge is -2.44. The molecule has 126 valence electrons. The summed E-state index contributed by atoms with van der Waals surface area (Å²) >= 11 is 0. The lowest BCUT2D eigenvalue weighted by Crippen LogP contribution is -2.56. The Balaban J connectivity index is 1.53. The van der Waals surface area contributed by atoms with Crippen molar-refractivity contribution in [1.29, 1.82) is 0 Å². The minimum Gasteiger partial charge on any atom is -0.396 e. The predicted octanol–water partition coefficient (Wildman–Crippen LogP) is 3.01. The number of rotatable bonds is 6. The summed E-state index contributed by atoms with van der Waals surface area (Å²) in [6.07, 6.45) is 10.9. The van der Waals surface area contributed by atoms with Gasteiger partial charge in [-0.05, 0) is 24.8 Å². The van der Waals surface area contributed by atoms with Gasteiger partial charge in [0.15, 0.2) is 0 Å². The highest BCUT2D eigenvalue weighted by Crippen LogP contribution is 2.27. The van der Waals surface area contributed by atoms with E-state index in [0.29, 0.717) is 12.6 Å². The summed E-state index contributed by atoms with van der Waals surface area (Å²) in [5.41, 5.74) is 1.27. The molecule has 1 N–H and O–H groups in total. The zero-order chi connectivity index (χ0) is 15.9. The van der Waals surface area contributed by atoms with Gasteiger partial charge < -0.3 is 5.11 Å². The molecule has 0 amide bonds. The van der Waals surface area contributed by atoms with E-state index in [1.54, 1.807) is 0 Å². The third kappa shape index (κ3) is 4.66. The van der Waals surface area contributed by atoms with Gasteiger partial charge in [-0.2, -0.15) is 0 Å². The van der Waals surface area contributed by atoms with Crippen molar-refractivity contribution in [2.45, 2.75) is 44.2 Å². The Hall–Kier alpha value is -1.16. The Labute approximate surface area is 140 Å². The van der Waals surface area contributed by atoms with Crippen molar-refractivity contribution in [3.8, 4) is 0 Å². The van der Waals surface area contributed by atoms with Gasteiger partial charge in [-0.3, -0.25) is 9.80 Å². The number of piperazine rings is 1. The minimum atomic E-state index is 0.307. The molecule has 3 rings (SSSR count). The summed E-state index contributed by atoms with van der Waals surface area (Å²) in [4.78, 5) is 5.23. The van der Waals surface area contributed by atoms with Crippen LogP contribution in [0.25, 0.3) is 6.08 Å². The second-order valence-electron chi connectivity index (χ2n) is 6.91. The first-order valence-corrected chi connectivity index (χ1v) is 9.17. The first kappa shape index (κ1) is 16.7. The van der Waals surface area contributed by atoms with Crippen LogP contribution in [0.2, 0.25) is 0 Å². The van der Waals surface area contributed by atoms with Crippen LogP contribution in [0, 0.1) is 0 Å². The average Bonchev–Trinajstić information content (AvgIpc) is 3.11. The minimum absolute atomic E-state index is 0.307. The summed E-state index contributed by atoms with van der Waals surface area (Å²) in [6, 6.07) is 11.8. The van der Waals surface area contributed by atoms with Crippen LogP contribution >= 0.6 is 0 Å². The summed E-state index contributed by atoms with van der Waals surface area (Å²) in [6.45, 7) is 4.72. The molecule has 3 heteroatoms. The van der Waals surface area contributed by atoms with Crippen molar-refractivity contribution in [3.63, 3.8) is 0 Å². The molecule has 1 saturated heterocycles. The van der Waals surface area contributed by atoms with Crippen LogP contribution in [-0.4, -0.2) is 59.8 Å². The van der Waals surface area contributed by atoms with Gasteiger partial charge in [-0.15, -0.1) is 0 Å². The van der Waals surface area contributed by atoms with Crippen LogP contribution < -0.4 is 0 Å². The monoisotopic (exact) mass is 314 g/mol. The van der Waals surface area contributed by atoms with Crippen molar-refractivity contribution in [1.82, 2.24) is 9.80 Å². The first-order valence-electron chi connectivity index (χ1n) is 9.17. The smallest absolute Gasteiger partial charge is 0.0446 e. The highest BCUT2D eigenvalue weighted by atomic mass is 16.3. The third-order valence-electron chi connectivity index (χ3n) is 5.34. The SMILES string of the molecule is OCC[C@H]1CN(C/C=C/c2ccccc2)CCN1C1CCCC1. The lowest BCUT2D eigenvalue weighted by atomic mass is 10.0. The van der Waals surface area contributed by atoms with Crippen LogP contribution in [0.15, 0.2) is 36.4 Å². The maximum Gasteiger partial charge on any atom is 0.0446 e. The van der Waals surface area contributed by atoms with E-state index in [0.717, 1.165) is 38.6 Å². The number of aliphatic hydroxyl groups is 1. The van der Waals surface area contributed by atoms with Crippen LogP contribution in [0.4, 0.5) is 0 Å². The van der Waals surface area contributed by atoms with Gasteiger partial charge in [-0.1, -0.05) is 55.3 Å². The van der Waals surface area contributed by atoms with Gasteiger partial charge in [0.25, 0.3) is 0 Å². The molecule has 1 aliphatic heterocycles. The van der Waals surface area contributed by atoms with Crippen molar-refractivity contribution >= 4 is 6.08 Å². The second kappa shape index (κ2) is 8.62. The van der Waals surface area contributed by atoms with Crippen molar-refractivity contribution in [2.75, 3.05) is 32.8 Å². The summed E-state index contributed by atoms with van der Waals surface area (Å²) in [5, 5.41) is 9.43. The van der Waals surface area contributed by atoms with E-state index in [1.807, 2.05) is 0 Å². The highest BCUT2D eigenvalue weighted by molar-refractivity contribution is 5.48. The van der Waals surface area contributed by atoms with Gasteiger partial charge in [-0.25, -0.2) is 0 Å². The maximum absolute atomic E-state index is 9.43. The standard InChI is InChI=1S/C20H30N2O/c23-16-12-20-17-21(13-6-9-18-7-2-1-3-8-18)14-15-22(20)19-10-4-5-11-19/h1-3,6-9,19-20,23H,4-5,10-17H2/b9-6+/t20-/m0/s1. The predicted molar refractivity (Wildman–Crippen MR) is 96.4 cm³/mol. The molecule has 0 aromatic heterocycles. The molecule has 2 fully saturated rings. The van der Waals surface area contributed by atoms with E-state index < -0.39 is 0 Å². The van der Waals surface area contributed by atoms with Crippen LogP contribution in [0.1, 0.15) is 37.7 Å². The van der Waals surface area contributed by atoms with Gasteiger partial charge in [0.05, 0.1) is 0 Å². The molecule has 1 atom stereocenters. The topological polar surface area (TPSA) is 26.7 Å². The number of hydrogen-bond acceptors (Lipinski definition) is 3. The Morgan fingerprint density at radius 2 is 1.87 bits per heavy atom. The van der Waals surface area contributed by atoms with Gasteiger partial charge in [0.2, 0.25) is 0 Å². The van der Waals surface area contributed by atoms with Crippen LogP contribution in [-0.2, 0) is 0 Å². The van der Waals surface area contributed by atoms with E-state index in [1.165, 1.54) is 31.2 Å². The molecule has 1 aromatic carbocycles. The fourth-order valence-electron chi connectivity index (χ4n) is 4.12. The van der Waals surface area contributed by atoms with Crippen molar-refractivity contribution in [3.05, 3.63) is 42.0 Å². The van der Waals surface area contributed by atoms with Gasteiger partial charge in [0, 0.05) is 44.9 Å². The normalized spacial score (nSPS) is 24.7. The molecule has 3 nitrogen and oxygen atoms in total. The highest BCUT2D eigenvalue weighted by Gasteiger charge is 2.32. The van der Waals surface area contributed by atoms with Gasteiger partial charge >= 0.3 is 0 Å². The van der Waals surface area contributed by atoms with E-state index in [-0.39, 0.29) is 0 Å². The quantitative estimate of drug-likeness (QED) is 0.874. The van der Waals surface area contributed by atoms with Crippen molar-refractivity contribution < 1.29 is 5.11 Å². The Morgan fingerprint density at radius 3 is 2.61 bits per heavy atom. The summed E-state index contributed by atoms with van der Waals surface area (Å²) < 4.78 is 0. The molecule has 0 spiro atoms. The maximum atomic E-state index is 9.43. The Bertz CT molecular complexity index is 482. The number of benzene rings is 1.